The van der Waals surface area contributed by atoms with Gasteiger partial charge in [0.25, 0.3) is 0 Å². The van der Waals surface area contributed by atoms with E-state index in [0.717, 1.165) is 11.9 Å². The molecule has 76 valence electrons. The number of rotatable bonds is 0. The van der Waals surface area contributed by atoms with Gasteiger partial charge >= 0.3 is 0 Å². The van der Waals surface area contributed by atoms with E-state index in [1.165, 1.54) is 35.8 Å². The molecule has 0 saturated carbocycles. The van der Waals surface area contributed by atoms with Crippen molar-refractivity contribution in [3.63, 3.8) is 0 Å². The van der Waals surface area contributed by atoms with Gasteiger partial charge in [0.1, 0.15) is 5.15 Å². The number of fused-ring (bicyclic) bond motifs is 3. The SMILES string of the molecule is Clc1ccc2ccc3c(c2n1)CCCC3. The molecule has 0 spiro atoms. The Kier molecular flexibility index (Phi) is 2.14. The number of nitrogens with zero attached hydrogens (tertiary/aromatic N) is 1. The summed E-state index contributed by atoms with van der Waals surface area (Å²) in [6, 6.07) is 8.31. The molecule has 1 nitrogen and oxygen atoms in total. The molecule has 1 aliphatic carbocycles. The molecule has 2 heteroatoms. The Labute approximate surface area is 94.1 Å². The maximum atomic E-state index is 5.95. The fraction of sp³-hybridized carbons (Fsp3) is 0.308. The molecule has 0 unspecified atom stereocenters. The first kappa shape index (κ1) is 9.17. The predicted molar refractivity (Wildman–Crippen MR) is 63.4 cm³/mol. The minimum Gasteiger partial charge on any atom is -0.236 e. The summed E-state index contributed by atoms with van der Waals surface area (Å²) in [6.07, 6.45) is 4.93. The largest absolute Gasteiger partial charge is 0.236 e. The second kappa shape index (κ2) is 3.49. The highest BCUT2D eigenvalue weighted by Gasteiger charge is 2.13. The van der Waals surface area contributed by atoms with Gasteiger partial charge < -0.3 is 0 Å². The molecule has 0 fully saturated rings. The van der Waals surface area contributed by atoms with Crippen molar-refractivity contribution in [1.29, 1.82) is 0 Å². The molecule has 0 amide bonds. The maximum absolute atomic E-state index is 5.95. The highest BCUT2D eigenvalue weighted by atomic mass is 35.5. The zero-order valence-electron chi connectivity index (χ0n) is 8.46. The second-order valence-corrected chi connectivity index (χ2v) is 4.50. The molecule has 0 bridgehead atoms. The van der Waals surface area contributed by atoms with Gasteiger partial charge in [0.2, 0.25) is 0 Å². The van der Waals surface area contributed by atoms with Crippen LogP contribution in [0.1, 0.15) is 24.0 Å². The summed E-state index contributed by atoms with van der Waals surface area (Å²) in [6.45, 7) is 0. The summed E-state index contributed by atoms with van der Waals surface area (Å²) in [5.74, 6) is 0. The van der Waals surface area contributed by atoms with Gasteiger partial charge in [-0.05, 0) is 48.9 Å². The fourth-order valence-corrected chi connectivity index (χ4v) is 2.54. The number of aromatic nitrogens is 1. The summed E-state index contributed by atoms with van der Waals surface area (Å²) in [5, 5.41) is 1.81. The van der Waals surface area contributed by atoms with Gasteiger partial charge in [-0.25, -0.2) is 4.98 Å². The third kappa shape index (κ3) is 1.51. The van der Waals surface area contributed by atoms with E-state index in [9.17, 15) is 0 Å². The van der Waals surface area contributed by atoms with Crippen molar-refractivity contribution in [2.45, 2.75) is 25.7 Å². The van der Waals surface area contributed by atoms with E-state index in [-0.39, 0.29) is 0 Å². The standard InChI is InChI=1S/C13H12ClN/c14-12-8-7-10-6-5-9-3-1-2-4-11(9)13(10)15-12/h5-8H,1-4H2. The Morgan fingerprint density at radius 1 is 1.00 bits per heavy atom. The van der Waals surface area contributed by atoms with Crippen LogP contribution in [0.3, 0.4) is 0 Å². The van der Waals surface area contributed by atoms with Crippen LogP contribution in [0.5, 0.6) is 0 Å². The predicted octanol–water partition coefficient (Wildman–Crippen LogP) is 3.77. The number of pyridine rings is 1. The van der Waals surface area contributed by atoms with Crippen LogP contribution in [0, 0.1) is 0 Å². The Bertz CT molecular complexity index is 519. The van der Waals surface area contributed by atoms with E-state index in [1.54, 1.807) is 0 Å². The summed E-state index contributed by atoms with van der Waals surface area (Å²) in [7, 11) is 0. The third-order valence-corrected chi connectivity index (χ3v) is 3.36. The molecule has 0 radical (unpaired) electrons. The van der Waals surface area contributed by atoms with Crippen molar-refractivity contribution in [2.75, 3.05) is 0 Å². The molecule has 15 heavy (non-hydrogen) atoms. The average Bonchev–Trinajstić information content (AvgIpc) is 2.29. The molecule has 1 aliphatic rings. The molecule has 0 atom stereocenters. The molecule has 0 saturated heterocycles. The van der Waals surface area contributed by atoms with Crippen LogP contribution < -0.4 is 0 Å². The van der Waals surface area contributed by atoms with Gasteiger partial charge in [-0.1, -0.05) is 23.7 Å². The van der Waals surface area contributed by atoms with Crippen LogP contribution in [0.2, 0.25) is 5.15 Å². The van der Waals surface area contributed by atoms with Crippen LogP contribution in [-0.4, -0.2) is 4.98 Å². The number of hydrogen-bond acceptors (Lipinski definition) is 1. The van der Waals surface area contributed by atoms with Crippen molar-refractivity contribution in [2.24, 2.45) is 0 Å². The van der Waals surface area contributed by atoms with Crippen molar-refractivity contribution in [3.8, 4) is 0 Å². The number of halogens is 1. The third-order valence-electron chi connectivity index (χ3n) is 3.15. The van der Waals surface area contributed by atoms with Gasteiger partial charge in [0.05, 0.1) is 5.52 Å². The molecule has 3 rings (SSSR count). The second-order valence-electron chi connectivity index (χ2n) is 4.12. The van der Waals surface area contributed by atoms with Gasteiger partial charge in [-0.15, -0.1) is 0 Å². The quantitative estimate of drug-likeness (QED) is 0.613. The van der Waals surface area contributed by atoms with Crippen LogP contribution >= 0.6 is 11.6 Å². The minimum absolute atomic E-state index is 0.599. The van der Waals surface area contributed by atoms with Gasteiger partial charge in [0, 0.05) is 5.39 Å². The lowest BCUT2D eigenvalue weighted by atomic mass is 9.90. The molecular weight excluding hydrogens is 206 g/mol. The van der Waals surface area contributed by atoms with Crippen molar-refractivity contribution >= 4 is 22.5 Å². The van der Waals surface area contributed by atoms with Crippen LogP contribution in [-0.2, 0) is 12.8 Å². The molecule has 2 aromatic rings. The Hall–Kier alpha value is -1.08. The summed E-state index contributed by atoms with van der Waals surface area (Å²) in [5.41, 5.74) is 3.99. The van der Waals surface area contributed by atoms with Crippen molar-refractivity contribution < 1.29 is 0 Å². The molecular formula is C13H12ClN. The van der Waals surface area contributed by atoms with Crippen LogP contribution in [0.4, 0.5) is 0 Å². The Morgan fingerprint density at radius 3 is 2.73 bits per heavy atom. The highest BCUT2D eigenvalue weighted by molar-refractivity contribution is 6.29. The first-order chi connectivity index (χ1) is 7.34. The van der Waals surface area contributed by atoms with E-state index >= 15 is 0 Å². The van der Waals surface area contributed by atoms with E-state index in [1.807, 2.05) is 6.07 Å². The molecule has 1 aromatic heterocycles. The smallest absolute Gasteiger partial charge is 0.129 e. The molecule has 0 aliphatic heterocycles. The number of hydrogen-bond donors (Lipinski definition) is 0. The summed E-state index contributed by atoms with van der Waals surface area (Å²) in [4.78, 5) is 4.45. The first-order valence-corrected chi connectivity index (χ1v) is 5.79. The topological polar surface area (TPSA) is 12.9 Å². The molecule has 1 heterocycles. The van der Waals surface area contributed by atoms with Crippen LogP contribution in [0.15, 0.2) is 24.3 Å². The Balaban J connectivity index is 2.34. The lowest BCUT2D eigenvalue weighted by molar-refractivity contribution is 0.689. The molecule has 1 aromatic carbocycles. The zero-order valence-corrected chi connectivity index (χ0v) is 9.22. The van der Waals surface area contributed by atoms with Crippen LogP contribution in [0.25, 0.3) is 10.9 Å². The maximum Gasteiger partial charge on any atom is 0.129 e. The number of benzene rings is 1. The normalized spacial score (nSPS) is 15.3. The minimum atomic E-state index is 0.599. The van der Waals surface area contributed by atoms with Crippen molar-refractivity contribution in [1.82, 2.24) is 4.98 Å². The zero-order chi connectivity index (χ0) is 10.3. The monoisotopic (exact) mass is 217 g/mol. The average molecular weight is 218 g/mol. The van der Waals surface area contributed by atoms with E-state index in [4.69, 9.17) is 11.6 Å². The van der Waals surface area contributed by atoms with Crippen molar-refractivity contribution in [3.05, 3.63) is 40.5 Å². The Morgan fingerprint density at radius 2 is 1.80 bits per heavy atom. The van der Waals surface area contributed by atoms with Gasteiger partial charge in [-0.2, -0.15) is 0 Å². The first-order valence-electron chi connectivity index (χ1n) is 5.41. The van der Waals surface area contributed by atoms with Gasteiger partial charge in [-0.3, -0.25) is 0 Å². The summed E-state index contributed by atoms with van der Waals surface area (Å²) < 4.78 is 0. The van der Waals surface area contributed by atoms with Gasteiger partial charge in [0.15, 0.2) is 0 Å². The van der Waals surface area contributed by atoms with E-state index in [2.05, 4.69) is 23.2 Å². The highest BCUT2D eigenvalue weighted by Crippen LogP contribution is 2.28. The lowest BCUT2D eigenvalue weighted by Gasteiger charge is -2.17. The lowest BCUT2D eigenvalue weighted by Crippen LogP contribution is -2.03. The number of aryl methyl sites for hydroxylation is 2. The molecule has 0 N–H and O–H groups in total. The fourth-order valence-electron chi connectivity index (χ4n) is 2.40. The van der Waals surface area contributed by atoms with E-state index in [0.29, 0.717) is 5.15 Å². The summed E-state index contributed by atoms with van der Waals surface area (Å²) >= 11 is 5.95. The van der Waals surface area contributed by atoms with E-state index < -0.39 is 0 Å².